The van der Waals surface area contributed by atoms with Crippen LogP contribution in [0, 0.1) is 11.7 Å². The van der Waals surface area contributed by atoms with Gasteiger partial charge in [0.05, 0.1) is 11.5 Å². The standard InChI is InChI=1S/C13H14ClFO3S/c14-13-7-11(15)2-1-10(13)6-12(16)5-9-3-4-19(17,18)8-9/h1-2,7,9H,3-6,8H2. The van der Waals surface area contributed by atoms with E-state index in [1.54, 1.807) is 0 Å². The average molecular weight is 305 g/mol. The monoisotopic (exact) mass is 304 g/mol. The molecule has 1 atom stereocenters. The summed E-state index contributed by atoms with van der Waals surface area (Å²) >= 11 is 5.85. The van der Waals surface area contributed by atoms with E-state index in [1.807, 2.05) is 0 Å². The minimum Gasteiger partial charge on any atom is -0.299 e. The van der Waals surface area contributed by atoms with Crippen molar-refractivity contribution in [1.29, 1.82) is 0 Å². The fraction of sp³-hybridized carbons (Fsp3) is 0.462. The van der Waals surface area contributed by atoms with E-state index in [2.05, 4.69) is 0 Å². The molecule has 0 radical (unpaired) electrons. The number of halogens is 2. The van der Waals surface area contributed by atoms with Gasteiger partial charge in [0.15, 0.2) is 9.84 Å². The fourth-order valence-electron chi connectivity index (χ4n) is 2.30. The Hall–Kier alpha value is -0.940. The lowest BCUT2D eigenvalue weighted by Gasteiger charge is -2.07. The average Bonchev–Trinajstić information content (AvgIpc) is 2.62. The zero-order valence-electron chi connectivity index (χ0n) is 10.2. The van der Waals surface area contributed by atoms with Crippen molar-refractivity contribution >= 4 is 27.2 Å². The number of sulfone groups is 1. The molecule has 1 unspecified atom stereocenters. The Morgan fingerprint density at radius 3 is 2.74 bits per heavy atom. The zero-order chi connectivity index (χ0) is 14.0. The van der Waals surface area contributed by atoms with Crippen LogP contribution in [0.3, 0.4) is 0 Å². The first-order valence-corrected chi connectivity index (χ1v) is 8.22. The second kappa shape index (κ2) is 5.59. The van der Waals surface area contributed by atoms with Crippen LogP contribution in [0.1, 0.15) is 18.4 Å². The number of hydrogen-bond acceptors (Lipinski definition) is 3. The summed E-state index contributed by atoms with van der Waals surface area (Å²) in [5, 5.41) is 0.229. The van der Waals surface area contributed by atoms with Gasteiger partial charge in [-0.1, -0.05) is 17.7 Å². The molecule has 0 N–H and O–H groups in total. The Morgan fingerprint density at radius 1 is 1.42 bits per heavy atom. The SMILES string of the molecule is O=C(Cc1ccc(F)cc1Cl)CC1CCS(=O)(=O)C1. The molecule has 1 fully saturated rings. The van der Waals surface area contributed by atoms with Crippen LogP contribution >= 0.6 is 11.6 Å². The summed E-state index contributed by atoms with van der Waals surface area (Å²) in [6.45, 7) is 0. The number of Topliss-reactive ketones (excluding diaryl/α,β-unsaturated/α-hetero) is 1. The molecule has 1 aliphatic heterocycles. The second-order valence-corrected chi connectivity index (χ2v) is 7.56. The van der Waals surface area contributed by atoms with Gasteiger partial charge >= 0.3 is 0 Å². The van der Waals surface area contributed by atoms with Crippen LogP contribution in [0.25, 0.3) is 0 Å². The quantitative estimate of drug-likeness (QED) is 0.858. The maximum atomic E-state index is 12.9. The van der Waals surface area contributed by atoms with Crippen molar-refractivity contribution < 1.29 is 17.6 Å². The Morgan fingerprint density at radius 2 is 2.16 bits per heavy atom. The summed E-state index contributed by atoms with van der Waals surface area (Å²) in [5.41, 5.74) is 0.578. The molecule has 19 heavy (non-hydrogen) atoms. The van der Waals surface area contributed by atoms with Gasteiger partial charge in [-0.25, -0.2) is 12.8 Å². The lowest BCUT2D eigenvalue weighted by molar-refractivity contribution is -0.119. The molecule has 104 valence electrons. The van der Waals surface area contributed by atoms with Gasteiger partial charge < -0.3 is 0 Å². The number of rotatable bonds is 4. The predicted molar refractivity (Wildman–Crippen MR) is 71.5 cm³/mol. The predicted octanol–water partition coefficient (Wildman–Crippen LogP) is 2.42. The van der Waals surface area contributed by atoms with Crippen LogP contribution in [0.2, 0.25) is 5.02 Å². The fourth-order valence-corrected chi connectivity index (χ4v) is 4.40. The van der Waals surface area contributed by atoms with E-state index in [0.717, 1.165) is 0 Å². The van der Waals surface area contributed by atoms with Crippen molar-refractivity contribution in [2.45, 2.75) is 19.3 Å². The highest BCUT2D eigenvalue weighted by Crippen LogP contribution is 2.24. The molecular formula is C13H14ClFO3S. The maximum Gasteiger partial charge on any atom is 0.150 e. The summed E-state index contributed by atoms with van der Waals surface area (Å²) < 4.78 is 35.5. The van der Waals surface area contributed by atoms with Crippen molar-refractivity contribution in [3.63, 3.8) is 0 Å². The number of hydrogen-bond donors (Lipinski definition) is 0. The van der Waals surface area contributed by atoms with Crippen LogP contribution in [-0.2, 0) is 21.1 Å². The lowest BCUT2D eigenvalue weighted by Crippen LogP contribution is -2.12. The van der Waals surface area contributed by atoms with E-state index < -0.39 is 15.7 Å². The summed E-state index contributed by atoms with van der Waals surface area (Å²) in [5.74, 6) is -0.326. The third-order valence-electron chi connectivity index (χ3n) is 3.25. The van der Waals surface area contributed by atoms with Crippen molar-refractivity contribution in [3.05, 3.63) is 34.6 Å². The van der Waals surface area contributed by atoms with E-state index in [4.69, 9.17) is 11.6 Å². The minimum absolute atomic E-state index is 0.0596. The van der Waals surface area contributed by atoms with Gasteiger partial charge in [0.25, 0.3) is 0 Å². The van der Waals surface area contributed by atoms with Gasteiger partial charge in [-0.05, 0) is 30.0 Å². The van der Waals surface area contributed by atoms with Crippen molar-refractivity contribution in [2.75, 3.05) is 11.5 Å². The molecule has 2 rings (SSSR count). The first-order chi connectivity index (χ1) is 8.85. The van der Waals surface area contributed by atoms with Crippen molar-refractivity contribution in [3.8, 4) is 0 Å². The third kappa shape index (κ3) is 4.01. The molecule has 1 aromatic carbocycles. The molecule has 1 heterocycles. The maximum absolute atomic E-state index is 12.9. The van der Waals surface area contributed by atoms with Crippen LogP contribution in [0.5, 0.6) is 0 Å². The van der Waals surface area contributed by atoms with Gasteiger partial charge in [-0.3, -0.25) is 4.79 Å². The van der Waals surface area contributed by atoms with Gasteiger partial charge in [0.2, 0.25) is 0 Å². The Balaban J connectivity index is 1.95. The molecule has 0 aliphatic carbocycles. The van der Waals surface area contributed by atoms with E-state index in [-0.39, 0.29) is 41.1 Å². The Bertz CT molecular complexity index is 598. The Labute approximate surface area is 116 Å². The molecule has 1 saturated heterocycles. The number of benzene rings is 1. The number of carbonyl (C=O) groups is 1. The van der Waals surface area contributed by atoms with Crippen LogP contribution in [0.4, 0.5) is 4.39 Å². The summed E-state index contributed by atoms with van der Waals surface area (Å²) in [4.78, 5) is 11.9. The van der Waals surface area contributed by atoms with Gasteiger partial charge in [0, 0.05) is 17.9 Å². The molecule has 1 aromatic rings. The van der Waals surface area contributed by atoms with Crippen LogP contribution in [-0.4, -0.2) is 25.7 Å². The van der Waals surface area contributed by atoms with E-state index in [9.17, 15) is 17.6 Å². The smallest absolute Gasteiger partial charge is 0.150 e. The van der Waals surface area contributed by atoms with Crippen LogP contribution in [0.15, 0.2) is 18.2 Å². The summed E-state index contributed by atoms with van der Waals surface area (Å²) in [7, 11) is -2.96. The highest BCUT2D eigenvalue weighted by atomic mass is 35.5. The van der Waals surface area contributed by atoms with E-state index in [0.29, 0.717) is 12.0 Å². The molecule has 0 bridgehead atoms. The topological polar surface area (TPSA) is 51.2 Å². The molecule has 1 aliphatic rings. The summed E-state index contributed by atoms with van der Waals surface area (Å²) in [6.07, 6.45) is 0.911. The van der Waals surface area contributed by atoms with Gasteiger partial charge in [-0.2, -0.15) is 0 Å². The molecule has 0 aromatic heterocycles. The molecule has 0 saturated carbocycles. The third-order valence-corrected chi connectivity index (χ3v) is 5.43. The highest BCUT2D eigenvalue weighted by Gasteiger charge is 2.29. The highest BCUT2D eigenvalue weighted by molar-refractivity contribution is 7.91. The first kappa shape index (κ1) is 14.5. The van der Waals surface area contributed by atoms with Crippen LogP contribution < -0.4 is 0 Å². The zero-order valence-corrected chi connectivity index (χ0v) is 11.8. The van der Waals surface area contributed by atoms with E-state index >= 15 is 0 Å². The number of ketones is 1. The molecule has 0 spiro atoms. The molecule has 0 amide bonds. The summed E-state index contributed by atoms with van der Waals surface area (Å²) in [6, 6.07) is 3.92. The van der Waals surface area contributed by atoms with Gasteiger partial charge in [-0.15, -0.1) is 0 Å². The first-order valence-electron chi connectivity index (χ1n) is 6.02. The largest absolute Gasteiger partial charge is 0.299 e. The number of carbonyl (C=O) groups excluding carboxylic acids is 1. The normalized spacial score (nSPS) is 21.5. The second-order valence-electron chi connectivity index (χ2n) is 4.92. The van der Waals surface area contributed by atoms with Gasteiger partial charge in [0.1, 0.15) is 11.6 Å². The molecule has 6 heteroatoms. The Kier molecular flexibility index (Phi) is 4.26. The molecular weight excluding hydrogens is 291 g/mol. The minimum atomic E-state index is -2.96. The van der Waals surface area contributed by atoms with E-state index in [1.165, 1.54) is 18.2 Å². The van der Waals surface area contributed by atoms with Crippen molar-refractivity contribution in [1.82, 2.24) is 0 Å². The van der Waals surface area contributed by atoms with Crippen molar-refractivity contribution in [2.24, 2.45) is 5.92 Å². The lowest BCUT2D eigenvalue weighted by atomic mass is 9.98. The molecule has 3 nitrogen and oxygen atoms in total.